The smallest absolute Gasteiger partial charge is 0.336 e. The molecule has 0 radical (unpaired) electrons. The largest absolute Gasteiger partial charge is 0.463 e. The molecule has 1 aromatic heterocycles. The lowest BCUT2D eigenvalue weighted by atomic mass is 9.80. The van der Waals surface area contributed by atoms with Crippen LogP contribution in [0.4, 0.5) is 5.69 Å². The Bertz CT molecular complexity index is 1630. The number of allylic oxidation sites excluding steroid dienone is 2. The van der Waals surface area contributed by atoms with Crippen molar-refractivity contribution in [3.05, 3.63) is 122 Å². The first-order chi connectivity index (χ1) is 21.7. The van der Waals surface area contributed by atoms with Crippen LogP contribution in [0.5, 0.6) is 11.5 Å². The van der Waals surface area contributed by atoms with Gasteiger partial charge in [0.15, 0.2) is 0 Å². The summed E-state index contributed by atoms with van der Waals surface area (Å²) in [5, 5.41) is 14.6. The molecule has 234 valence electrons. The van der Waals surface area contributed by atoms with Gasteiger partial charge in [0.25, 0.3) is 5.69 Å². The van der Waals surface area contributed by atoms with Crippen molar-refractivity contribution in [1.82, 2.24) is 10.3 Å². The Kier molecular flexibility index (Phi) is 11.2. The lowest BCUT2D eigenvalue weighted by molar-refractivity contribution is -0.384. The van der Waals surface area contributed by atoms with Crippen molar-refractivity contribution < 1.29 is 33.5 Å². The molecule has 0 amide bonds. The summed E-state index contributed by atoms with van der Waals surface area (Å²) < 4.78 is 22.3. The van der Waals surface area contributed by atoms with E-state index >= 15 is 0 Å². The molecule has 2 heterocycles. The monoisotopic (exact) mass is 613 g/mol. The minimum Gasteiger partial charge on any atom is -0.463 e. The lowest BCUT2D eigenvalue weighted by Crippen LogP contribution is -2.32. The van der Waals surface area contributed by atoms with Crippen LogP contribution < -0.4 is 10.1 Å². The number of ether oxygens (including phenoxy) is 4. The first kappa shape index (κ1) is 32.6. The van der Waals surface area contributed by atoms with Crippen molar-refractivity contribution in [3.63, 3.8) is 0 Å². The maximum atomic E-state index is 13.4. The van der Waals surface area contributed by atoms with Gasteiger partial charge in [0.2, 0.25) is 0 Å². The van der Waals surface area contributed by atoms with Gasteiger partial charge in [-0.05, 0) is 68.7 Å². The van der Waals surface area contributed by atoms with Crippen molar-refractivity contribution in [2.45, 2.75) is 33.6 Å². The highest BCUT2D eigenvalue weighted by molar-refractivity contribution is 6.00. The number of carbonyl (C=O) groups is 2. The van der Waals surface area contributed by atoms with Crippen LogP contribution in [0.3, 0.4) is 0 Å². The molecular weight excluding hydrogens is 578 g/mol. The fraction of sp³-hybridized carbons (Fsp3) is 0.265. The average Bonchev–Trinajstić information content (AvgIpc) is 3.02. The molecule has 11 nitrogen and oxygen atoms in total. The molecule has 0 spiro atoms. The van der Waals surface area contributed by atoms with E-state index in [4.69, 9.17) is 18.9 Å². The first-order valence-electron chi connectivity index (χ1n) is 14.4. The predicted molar refractivity (Wildman–Crippen MR) is 167 cm³/mol. The van der Waals surface area contributed by atoms with E-state index in [-0.39, 0.29) is 36.7 Å². The number of dihydropyridines is 1. The van der Waals surface area contributed by atoms with E-state index in [1.165, 1.54) is 18.2 Å². The van der Waals surface area contributed by atoms with Crippen LogP contribution in [-0.4, -0.2) is 48.3 Å². The normalized spacial score (nSPS) is 14.9. The number of nitro benzene ring substituents is 1. The molecule has 1 atom stereocenters. The third kappa shape index (κ3) is 8.64. The minimum atomic E-state index is -0.926. The van der Waals surface area contributed by atoms with Crippen molar-refractivity contribution >= 4 is 23.7 Å². The van der Waals surface area contributed by atoms with Gasteiger partial charge in [0.05, 0.1) is 48.0 Å². The second-order valence-corrected chi connectivity index (χ2v) is 10.2. The van der Waals surface area contributed by atoms with Crippen LogP contribution in [0, 0.1) is 10.1 Å². The number of rotatable bonds is 13. The maximum absolute atomic E-state index is 13.4. The minimum absolute atomic E-state index is 0.0393. The van der Waals surface area contributed by atoms with E-state index in [9.17, 15) is 19.7 Å². The number of carbonyl (C=O) groups excluding carboxylic acids is 2. The molecule has 0 saturated heterocycles. The number of benzene rings is 2. The number of nitrogens with one attached hydrogen (secondary N) is 1. The number of non-ortho nitro benzene ring substituents is 1. The summed E-state index contributed by atoms with van der Waals surface area (Å²) in [6, 6.07) is 17.1. The molecule has 1 aliphatic heterocycles. The van der Waals surface area contributed by atoms with E-state index in [0.717, 1.165) is 11.1 Å². The third-order valence-electron chi connectivity index (χ3n) is 6.84. The van der Waals surface area contributed by atoms with E-state index in [1.54, 1.807) is 45.3 Å². The van der Waals surface area contributed by atoms with Gasteiger partial charge in [0, 0.05) is 29.7 Å². The molecule has 4 rings (SSSR count). The molecular formula is C34H35N3O8. The highest BCUT2D eigenvalue weighted by Gasteiger charge is 2.38. The molecule has 1 aliphatic rings. The maximum Gasteiger partial charge on any atom is 0.336 e. The number of nitro groups is 1. The van der Waals surface area contributed by atoms with Crippen molar-refractivity contribution in [1.29, 1.82) is 0 Å². The van der Waals surface area contributed by atoms with Gasteiger partial charge < -0.3 is 24.3 Å². The standard InChI is InChI=1S/C34H35N3O8/c1-5-43-33(38)30-23(3)36-24(4)31(32(30)26-8-6-9-27(19-26)37(40)41)34(39)44-17-16-42-21-22(2)18-25-11-13-28(14-12-25)45-29-10-7-15-35-20-29/h6-15,18-20,32,36H,5,16-17,21H2,1-4H3. The zero-order chi connectivity index (χ0) is 32.3. The second-order valence-electron chi connectivity index (χ2n) is 10.2. The van der Waals surface area contributed by atoms with Gasteiger partial charge in [-0.3, -0.25) is 15.1 Å². The summed E-state index contributed by atoms with van der Waals surface area (Å²) in [5.41, 5.74) is 3.47. The van der Waals surface area contributed by atoms with Gasteiger partial charge in [0.1, 0.15) is 18.1 Å². The number of pyridine rings is 1. The average molecular weight is 614 g/mol. The molecule has 1 N–H and O–H groups in total. The molecule has 1 unspecified atom stereocenters. The summed E-state index contributed by atoms with van der Waals surface area (Å²) in [5.74, 6) is -0.872. The van der Waals surface area contributed by atoms with Gasteiger partial charge in [-0.15, -0.1) is 0 Å². The number of hydrogen-bond donors (Lipinski definition) is 1. The topological polar surface area (TPSA) is 139 Å². The number of nitrogens with zero attached hydrogens (tertiary/aromatic N) is 2. The fourth-order valence-electron chi connectivity index (χ4n) is 4.90. The zero-order valence-electron chi connectivity index (χ0n) is 25.6. The number of hydrogen-bond acceptors (Lipinski definition) is 10. The van der Waals surface area contributed by atoms with Gasteiger partial charge in [-0.2, -0.15) is 0 Å². The second kappa shape index (κ2) is 15.4. The summed E-state index contributed by atoms with van der Waals surface area (Å²) in [7, 11) is 0. The van der Waals surface area contributed by atoms with Crippen molar-refractivity contribution in [3.8, 4) is 11.5 Å². The van der Waals surface area contributed by atoms with E-state index in [2.05, 4.69) is 10.3 Å². The first-order valence-corrected chi connectivity index (χ1v) is 14.4. The molecule has 2 aromatic carbocycles. The van der Waals surface area contributed by atoms with Crippen LogP contribution in [0.2, 0.25) is 0 Å². The van der Waals surface area contributed by atoms with E-state index in [0.29, 0.717) is 35.1 Å². The Labute approximate surface area is 261 Å². The molecule has 11 heteroatoms. The van der Waals surface area contributed by atoms with Crippen molar-refractivity contribution in [2.24, 2.45) is 0 Å². The van der Waals surface area contributed by atoms with Crippen LogP contribution in [0.25, 0.3) is 6.08 Å². The molecule has 45 heavy (non-hydrogen) atoms. The Morgan fingerprint density at radius 1 is 0.956 bits per heavy atom. The fourth-order valence-corrected chi connectivity index (χ4v) is 4.90. The highest BCUT2D eigenvalue weighted by atomic mass is 16.6. The molecule has 0 bridgehead atoms. The number of aromatic nitrogens is 1. The molecule has 0 saturated carbocycles. The Morgan fingerprint density at radius 2 is 1.67 bits per heavy atom. The molecule has 0 fully saturated rings. The highest BCUT2D eigenvalue weighted by Crippen LogP contribution is 2.40. The zero-order valence-corrected chi connectivity index (χ0v) is 25.6. The number of esters is 2. The SMILES string of the molecule is CCOC(=O)C1=C(C)NC(C)=C(C(=O)OCCOCC(C)=Cc2ccc(Oc3cccnc3)cc2)C1c1cccc([N+](=O)[O-])c1. The lowest BCUT2D eigenvalue weighted by Gasteiger charge is -2.30. The summed E-state index contributed by atoms with van der Waals surface area (Å²) in [6.07, 6.45) is 5.31. The Balaban J connectivity index is 1.37. The summed E-state index contributed by atoms with van der Waals surface area (Å²) in [6.45, 7) is 7.53. The molecule has 0 aliphatic carbocycles. The predicted octanol–water partition coefficient (Wildman–Crippen LogP) is 6.24. The summed E-state index contributed by atoms with van der Waals surface area (Å²) in [4.78, 5) is 41.4. The quantitative estimate of drug-likeness (QED) is 0.102. The third-order valence-corrected chi connectivity index (χ3v) is 6.84. The van der Waals surface area contributed by atoms with E-state index < -0.39 is 22.8 Å². The molecule has 3 aromatic rings. The van der Waals surface area contributed by atoms with Gasteiger partial charge >= 0.3 is 11.9 Å². The van der Waals surface area contributed by atoms with Crippen LogP contribution in [-0.2, 0) is 23.8 Å². The Morgan fingerprint density at radius 3 is 2.31 bits per heavy atom. The van der Waals surface area contributed by atoms with Gasteiger partial charge in [-0.25, -0.2) is 9.59 Å². The van der Waals surface area contributed by atoms with Crippen LogP contribution in [0.1, 0.15) is 44.7 Å². The summed E-state index contributed by atoms with van der Waals surface area (Å²) >= 11 is 0. The van der Waals surface area contributed by atoms with Crippen LogP contribution >= 0.6 is 0 Å². The van der Waals surface area contributed by atoms with E-state index in [1.807, 2.05) is 43.3 Å². The van der Waals surface area contributed by atoms with Gasteiger partial charge in [-0.1, -0.05) is 30.3 Å². The van der Waals surface area contributed by atoms with Crippen molar-refractivity contribution in [2.75, 3.05) is 26.4 Å². The van der Waals surface area contributed by atoms with Crippen LogP contribution in [0.15, 0.2) is 101 Å². The Hall–Kier alpha value is -5.29.